The number of carbonyl (C=O) groups is 2. The second-order valence-electron chi connectivity index (χ2n) is 7.67. The van der Waals surface area contributed by atoms with E-state index >= 15 is 0 Å². The van der Waals surface area contributed by atoms with Crippen LogP contribution in [0.5, 0.6) is 17.2 Å². The molecule has 178 valence electrons. The predicted molar refractivity (Wildman–Crippen MR) is 136 cm³/mol. The Balaban J connectivity index is 1.37. The smallest absolute Gasteiger partial charge is 0.293 e. The Morgan fingerprint density at radius 3 is 2.54 bits per heavy atom. The maximum atomic E-state index is 13.1. The number of benzene rings is 3. The molecule has 0 atom stereocenters. The van der Waals surface area contributed by atoms with Gasteiger partial charge in [0.15, 0.2) is 11.5 Å². The SMILES string of the molecule is O=C1S/C(=C/c2cc(Cl)ccc2OCc2cccc(Cl)c2)C(=O)N1Cc1cc2c(cc1Cl)OCO2. The molecule has 2 aliphatic heterocycles. The minimum atomic E-state index is -0.436. The van der Waals surface area contributed by atoms with Crippen LogP contribution in [0.2, 0.25) is 15.1 Å². The van der Waals surface area contributed by atoms with Crippen molar-refractivity contribution in [3.63, 3.8) is 0 Å². The van der Waals surface area contributed by atoms with E-state index < -0.39 is 11.1 Å². The molecule has 2 aliphatic rings. The fraction of sp³-hybridized carbons (Fsp3) is 0.120. The largest absolute Gasteiger partial charge is 0.488 e. The van der Waals surface area contributed by atoms with E-state index in [-0.39, 0.29) is 24.8 Å². The van der Waals surface area contributed by atoms with Gasteiger partial charge in [-0.25, -0.2) is 0 Å². The van der Waals surface area contributed by atoms with Gasteiger partial charge in [0.2, 0.25) is 6.79 Å². The summed E-state index contributed by atoms with van der Waals surface area (Å²) in [5.41, 5.74) is 2.04. The second-order valence-corrected chi connectivity index (χ2v) is 9.94. The topological polar surface area (TPSA) is 65.1 Å². The standard InChI is InChI=1S/C25H16Cl3NO5S/c26-17-3-1-2-14(6-17)12-32-20-5-4-18(27)7-15(20)9-23-24(30)29(25(31)35-23)11-16-8-21-22(10-19(16)28)34-13-33-21/h1-10H,11-13H2/b23-9+. The van der Waals surface area contributed by atoms with Gasteiger partial charge in [0.05, 0.1) is 11.4 Å². The summed E-state index contributed by atoms with van der Waals surface area (Å²) in [7, 11) is 0. The molecule has 2 heterocycles. The lowest BCUT2D eigenvalue weighted by atomic mass is 10.1. The van der Waals surface area contributed by atoms with Crippen molar-refractivity contribution in [3.05, 3.63) is 91.3 Å². The van der Waals surface area contributed by atoms with E-state index in [9.17, 15) is 9.59 Å². The van der Waals surface area contributed by atoms with Crippen LogP contribution in [-0.2, 0) is 17.9 Å². The van der Waals surface area contributed by atoms with Gasteiger partial charge in [-0.05, 0) is 65.4 Å². The summed E-state index contributed by atoms with van der Waals surface area (Å²) in [4.78, 5) is 27.2. The van der Waals surface area contributed by atoms with Crippen molar-refractivity contribution in [2.45, 2.75) is 13.2 Å². The molecule has 5 rings (SSSR count). The molecule has 0 spiro atoms. The van der Waals surface area contributed by atoms with E-state index in [4.69, 9.17) is 49.0 Å². The van der Waals surface area contributed by atoms with E-state index in [2.05, 4.69) is 0 Å². The minimum Gasteiger partial charge on any atom is -0.488 e. The lowest BCUT2D eigenvalue weighted by Crippen LogP contribution is -2.27. The van der Waals surface area contributed by atoms with Crippen molar-refractivity contribution in [2.24, 2.45) is 0 Å². The summed E-state index contributed by atoms with van der Waals surface area (Å²) in [5, 5.41) is 1.05. The molecule has 0 aromatic heterocycles. The summed E-state index contributed by atoms with van der Waals surface area (Å²) < 4.78 is 16.6. The number of carbonyl (C=O) groups excluding carboxylic acids is 2. The summed E-state index contributed by atoms with van der Waals surface area (Å²) in [6.07, 6.45) is 1.60. The number of fused-ring (bicyclic) bond motifs is 1. The number of ether oxygens (including phenoxy) is 3. The highest BCUT2D eigenvalue weighted by Crippen LogP contribution is 2.40. The van der Waals surface area contributed by atoms with Crippen LogP contribution < -0.4 is 14.2 Å². The van der Waals surface area contributed by atoms with Crippen LogP contribution in [0.1, 0.15) is 16.7 Å². The van der Waals surface area contributed by atoms with E-state index in [0.717, 1.165) is 22.2 Å². The van der Waals surface area contributed by atoms with Crippen LogP contribution in [0.3, 0.4) is 0 Å². The third kappa shape index (κ3) is 5.23. The molecule has 6 nitrogen and oxygen atoms in total. The molecular weight excluding hydrogens is 533 g/mol. The molecule has 0 radical (unpaired) electrons. The van der Waals surface area contributed by atoms with Crippen LogP contribution in [0.25, 0.3) is 6.08 Å². The molecule has 2 amide bonds. The Hall–Kier alpha value is -2.84. The number of imide groups is 1. The number of halogens is 3. The Labute approximate surface area is 220 Å². The highest BCUT2D eigenvalue weighted by atomic mass is 35.5. The average molecular weight is 549 g/mol. The summed E-state index contributed by atoms with van der Waals surface area (Å²) in [6, 6.07) is 15.7. The van der Waals surface area contributed by atoms with Gasteiger partial charge < -0.3 is 14.2 Å². The molecule has 0 N–H and O–H groups in total. The van der Waals surface area contributed by atoms with Gasteiger partial charge in [-0.15, -0.1) is 0 Å². The van der Waals surface area contributed by atoms with Gasteiger partial charge in [0.25, 0.3) is 11.1 Å². The molecule has 1 saturated heterocycles. The first kappa shape index (κ1) is 23.9. The Morgan fingerprint density at radius 1 is 0.971 bits per heavy atom. The van der Waals surface area contributed by atoms with E-state index in [1.807, 2.05) is 18.2 Å². The van der Waals surface area contributed by atoms with Crippen molar-refractivity contribution in [2.75, 3.05) is 6.79 Å². The predicted octanol–water partition coefficient (Wildman–Crippen LogP) is 7.19. The first-order chi connectivity index (χ1) is 16.9. The van der Waals surface area contributed by atoms with Gasteiger partial charge >= 0.3 is 0 Å². The zero-order valence-corrected chi connectivity index (χ0v) is 21.0. The van der Waals surface area contributed by atoms with Crippen molar-refractivity contribution < 1.29 is 23.8 Å². The molecule has 0 saturated carbocycles. The van der Waals surface area contributed by atoms with E-state index in [0.29, 0.717) is 43.4 Å². The number of hydrogen-bond acceptors (Lipinski definition) is 6. The Kier molecular flexibility index (Phi) is 6.84. The maximum absolute atomic E-state index is 13.1. The van der Waals surface area contributed by atoms with Crippen molar-refractivity contribution >= 4 is 63.8 Å². The van der Waals surface area contributed by atoms with Crippen molar-refractivity contribution in [1.82, 2.24) is 4.90 Å². The van der Waals surface area contributed by atoms with Crippen molar-refractivity contribution in [1.29, 1.82) is 0 Å². The summed E-state index contributed by atoms with van der Waals surface area (Å²) >= 11 is 19.4. The van der Waals surface area contributed by atoms with Gasteiger partial charge in [0.1, 0.15) is 12.4 Å². The van der Waals surface area contributed by atoms with Crippen molar-refractivity contribution in [3.8, 4) is 17.2 Å². The summed E-state index contributed by atoms with van der Waals surface area (Å²) in [6.45, 7) is 0.374. The first-order valence-corrected chi connectivity index (χ1v) is 12.3. The number of rotatable bonds is 6. The number of amides is 2. The normalized spacial score (nSPS) is 15.9. The molecule has 0 bridgehead atoms. The zero-order chi connectivity index (χ0) is 24.5. The molecule has 3 aromatic carbocycles. The molecule has 1 fully saturated rings. The van der Waals surface area contributed by atoms with E-state index in [1.54, 1.807) is 42.5 Å². The van der Waals surface area contributed by atoms with Gasteiger partial charge in [-0.3, -0.25) is 14.5 Å². The van der Waals surface area contributed by atoms with Crippen LogP contribution in [0, 0.1) is 0 Å². The van der Waals surface area contributed by atoms with Crippen LogP contribution in [-0.4, -0.2) is 22.8 Å². The van der Waals surface area contributed by atoms with E-state index in [1.165, 1.54) is 0 Å². The molecule has 0 unspecified atom stereocenters. The van der Waals surface area contributed by atoms with Gasteiger partial charge in [0, 0.05) is 26.7 Å². The lowest BCUT2D eigenvalue weighted by molar-refractivity contribution is -0.123. The Bertz CT molecular complexity index is 1380. The highest BCUT2D eigenvalue weighted by molar-refractivity contribution is 8.18. The first-order valence-electron chi connectivity index (χ1n) is 10.4. The van der Waals surface area contributed by atoms with Crippen LogP contribution in [0.4, 0.5) is 4.79 Å². The average Bonchev–Trinajstić information content (AvgIpc) is 3.38. The fourth-order valence-electron chi connectivity index (χ4n) is 3.58. The third-order valence-electron chi connectivity index (χ3n) is 5.29. The second kappa shape index (κ2) is 10.0. The maximum Gasteiger partial charge on any atom is 0.293 e. The quantitative estimate of drug-likeness (QED) is 0.304. The Morgan fingerprint density at radius 2 is 1.74 bits per heavy atom. The minimum absolute atomic E-state index is 0.00511. The van der Waals surface area contributed by atoms with Crippen LogP contribution >= 0.6 is 46.6 Å². The van der Waals surface area contributed by atoms with Crippen LogP contribution in [0.15, 0.2) is 59.5 Å². The zero-order valence-electron chi connectivity index (χ0n) is 17.9. The lowest BCUT2D eigenvalue weighted by Gasteiger charge is -2.14. The molecule has 10 heteroatoms. The number of hydrogen-bond donors (Lipinski definition) is 0. The molecule has 3 aromatic rings. The summed E-state index contributed by atoms with van der Waals surface area (Å²) in [5.74, 6) is 1.13. The molecule has 0 aliphatic carbocycles. The van der Waals surface area contributed by atoms with Gasteiger partial charge in [-0.2, -0.15) is 0 Å². The number of thioether (sulfide) groups is 1. The molecule has 35 heavy (non-hydrogen) atoms. The fourth-order valence-corrected chi connectivity index (χ4v) is 5.02. The third-order valence-corrected chi connectivity index (χ3v) is 7.01. The van der Waals surface area contributed by atoms with Gasteiger partial charge in [-0.1, -0.05) is 46.9 Å². The molecular formula is C25H16Cl3NO5S. The monoisotopic (exact) mass is 547 g/mol. The highest BCUT2D eigenvalue weighted by Gasteiger charge is 2.36. The number of nitrogens with zero attached hydrogens (tertiary/aromatic N) is 1.